The van der Waals surface area contributed by atoms with E-state index in [4.69, 9.17) is 19.4 Å². The number of hydrogen-bond acceptors (Lipinski definition) is 8. The van der Waals surface area contributed by atoms with Crippen molar-refractivity contribution in [3.05, 3.63) is 71.8 Å². The van der Waals surface area contributed by atoms with Gasteiger partial charge >= 0.3 is 5.97 Å². The minimum absolute atomic E-state index is 0.0518. The Morgan fingerprint density at radius 2 is 1.36 bits per heavy atom. The highest BCUT2D eigenvalue weighted by atomic mass is 28.3. The summed E-state index contributed by atoms with van der Waals surface area (Å²) in [5.41, 5.74) is 2.97. The monoisotopic (exact) mass is 876 g/mol. The van der Waals surface area contributed by atoms with Crippen molar-refractivity contribution < 1.29 is 19.4 Å². The maximum absolute atomic E-state index is 12.9. The zero-order chi connectivity index (χ0) is 43.5. The number of carbonyl (C=O) groups is 1. The van der Waals surface area contributed by atoms with Gasteiger partial charge in [-0.25, -0.2) is 9.97 Å². The number of aromatic nitrogens is 4. The van der Waals surface area contributed by atoms with Gasteiger partial charge in [-0.2, -0.15) is 0 Å². The fraction of sp³-hybridized carbons (Fsp3) is 0.729. The normalized spacial score (nSPS) is 18.8. The largest absolute Gasteiger partial charge is 0.480 e. The summed E-state index contributed by atoms with van der Waals surface area (Å²) < 4.78 is 16.6. The van der Waals surface area contributed by atoms with Gasteiger partial charge in [0, 0.05) is 99.2 Å². The van der Waals surface area contributed by atoms with Crippen LogP contribution in [-0.2, 0) is 53.7 Å². The predicted molar refractivity (Wildman–Crippen MR) is 252 cm³/mol. The van der Waals surface area contributed by atoms with Crippen LogP contribution in [-0.4, -0.2) is 119 Å². The van der Waals surface area contributed by atoms with Crippen molar-refractivity contribution >= 4 is 22.1 Å². The van der Waals surface area contributed by atoms with Gasteiger partial charge in [0.05, 0.1) is 0 Å². The van der Waals surface area contributed by atoms with Crippen molar-refractivity contribution in [3.63, 3.8) is 0 Å². The van der Waals surface area contributed by atoms with Crippen LogP contribution in [0.25, 0.3) is 0 Å². The van der Waals surface area contributed by atoms with E-state index < -0.39 is 28.2 Å². The summed E-state index contributed by atoms with van der Waals surface area (Å²) in [6.07, 6.45) is 20.7. The second-order valence-corrected chi connectivity index (χ2v) is 32.6. The summed E-state index contributed by atoms with van der Waals surface area (Å²) in [5.74, 6) is 1.18. The van der Waals surface area contributed by atoms with Crippen molar-refractivity contribution in [2.75, 3.05) is 45.9 Å². The Morgan fingerprint density at radius 3 is 1.89 bits per heavy atom. The van der Waals surface area contributed by atoms with Gasteiger partial charge in [0.25, 0.3) is 0 Å². The highest BCUT2D eigenvalue weighted by molar-refractivity contribution is 6.76. The molecule has 13 heteroatoms. The minimum atomic E-state index is -1.21. The van der Waals surface area contributed by atoms with Crippen LogP contribution in [0.4, 0.5) is 0 Å². The van der Waals surface area contributed by atoms with E-state index in [0.717, 1.165) is 55.1 Å². The maximum atomic E-state index is 12.9. The molecule has 1 unspecified atom stereocenters. The topological polar surface area (TPSA) is 101 Å². The third-order valence-electron chi connectivity index (χ3n) is 13.9. The van der Waals surface area contributed by atoms with Crippen LogP contribution in [0.1, 0.15) is 87.5 Å². The molecule has 3 aromatic rings. The third-order valence-corrected chi connectivity index (χ3v) is 17.3. The number of benzene rings is 1. The number of nitrogens with zero attached hydrogens (tertiary/aromatic N) is 7. The van der Waals surface area contributed by atoms with Crippen molar-refractivity contribution in [2.24, 2.45) is 11.3 Å². The number of ether oxygens (including phenoxy) is 2. The van der Waals surface area contributed by atoms with Crippen LogP contribution in [0.15, 0.2) is 49.1 Å². The summed E-state index contributed by atoms with van der Waals surface area (Å²) in [6.45, 7) is 25.7. The van der Waals surface area contributed by atoms with E-state index >= 15 is 0 Å². The first-order chi connectivity index (χ1) is 29.2. The Balaban J connectivity index is 1.12. The Labute approximate surface area is 370 Å². The van der Waals surface area contributed by atoms with Crippen LogP contribution in [0.2, 0.25) is 51.4 Å². The lowest BCUT2D eigenvalue weighted by Gasteiger charge is -2.43. The number of aliphatic carboxylic acids is 1. The minimum Gasteiger partial charge on any atom is -0.480 e. The van der Waals surface area contributed by atoms with Crippen molar-refractivity contribution in [1.82, 2.24) is 33.8 Å². The summed E-state index contributed by atoms with van der Waals surface area (Å²) in [7, 11) is -2.42. The van der Waals surface area contributed by atoms with Crippen LogP contribution in [0, 0.1) is 11.3 Å². The van der Waals surface area contributed by atoms with Crippen molar-refractivity contribution in [3.8, 4) is 0 Å². The first-order valence-electron chi connectivity index (χ1n) is 23.8. The van der Waals surface area contributed by atoms with Crippen molar-refractivity contribution in [2.45, 2.75) is 168 Å². The highest BCUT2D eigenvalue weighted by Gasteiger charge is 2.41. The molecule has 0 amide bonds. The molecule has 1 saturated carbocycles. The summed E-state index contributed by atoms with van der Waals surface area (Å²) in [5, 5.41) is 10.6. The Morgan fingerprint density at radius 1 is 0.820 bits per heavy atom. The van der Waals surface area contributed by atoms with Gasteiger partial charge in [0.1, 0.15) is 31.2 Å². The molecule has 0 radical (unpaired) electrons. The summed E-state index contributed by atoms with van der Waals surface area (Å²) in [6, 6.07) is 11.5. The summed E-state index contributed by atoms with van der Waals surface area (Å²) in [4.78, 5) is 30.2. The second-order valence-electron chi connectivity index (χ2n) is 21.4. The molecule has 3 aliphatic rings. The third kappa shape index (κ3) is 15.0. The molecule has 2 aliphatic heterocycles. The number of hydrogen-bond donors (Lipinski definition) is 1. The van der Waals surface area contributed by atoms with Gasteiger partial charge in [-0.1, -0.05) is 89.7 Å². The fourth-order valence-corrected chi connectivity index (χ4v) is 11.5. The Hall–Kier alpha value is -2.66. The van der Waals surface area contributed by atoms with Gasteiger partial charge in [-0.3, -0.25) is 14.6 Å². The Kier molecular flexibility index (Phi) is 17.5. The lowest BCUT2D eigenvalue weighted by atomic mass is 9.77. The van der Waals surface area contributed by atoms with E-state index in [9.17, 15) is 9.90 Å². The SMILES string of the molecule is CCC(C(=O)O)N(Cc1ccc(CN2CCC3(CCN(C4CCCCC4)CC3)C2)cc1)CC(Cc1nccn1COCC[Si](C)(C)C)Cc1nccn1COCC[Si](C)(C)C. The lowest BCUT2D eigenvalue weighted by Crippen LogP contribution is -2.46. The van der Waals surface area contributed by atoms with Gasteiger partial charge in [0.2, 0.25) is 0 Å². The summed E-state index contributed by atoms with van der Waals surface area (Å²) >= 11 is 0. The fourth-order valence-electron chi connectivity index (χ4n) is 9.94. The van der Waals surface area contributed by atoms with E-state index in [-0.39, 0.29) is 5.92 Å². The number of rotatable bonds is 24. The average molecular weight is 876 g/mol. The van der Waals surface area contributed by atoms with Crippen LogP contribution >= 0.6 is 0 Å². The molecule has 3 fully saturated rings. The van der Waals surface area contributed by atoms with Gasteiger partial charge in [0.15, 0.2) is 0 Å². The number of likely N-dealkylation sites (tertiary alicyclic amines) is 2. The molecule has 2 saturated heterocycles. The first kappa shape index (κ1) is 47.8. The van der Waals surface area contributed by atoms with Crippen LogP contribution < -0.4 is 0 Å². The molecule has 0 bridgehead atoms. The molecule has 1 N–H and O–H groups in total. The number of carboxylic acids is 1. The Bertz CT molecular complexity index is 1690. The van der Waals surface area contributed by atoms with Crippen molar-refractivity contribution in [1.29, 1.82) is 0 Å². The van der Waals surface area contributed by atoms with Crippen LogP contribution in [0.3, 0.4) is 0 Å². The molecule has 61 heavy (non-hydrogen) atoms. The smallest absolute Gasteiger partial charge is 0.320 e. The first-order valence-corrected chi connectivity index (χ1v) is 31.3. The number of imidazole rings is 2. The maximum Gasteiger partial charge on any atom is 0.320 e. The highest BCUT2D eigenvalue weighted by Crippen LogP contribution is 2.42. The second kappa shape index (κ2) is 22.3. The van der Waals surface area contributed by atoms with Crippen LogP contribution in [0.5, 0.6) is 0 Å². The zero-order valence-corrected chi connectivity index (χ0v) is 41.1. The molecule has 2 aromatic heterocycles. The predicted octanol–water partition coefficient (Wildman–Crippen LogP) is 9.09. The molecular formula is C48H81N7O4Si2. The molecule has 11 nitrogen and oxygen atoms in total. The molecule has 1 spiro atoms. The molecular weight excluding hydrogens is 795 g/mol. The van der Waals surface area contributed by atoms with E-state index in [0.29, 0.717) is 51.2 Å². The average Bonchev–Trinajstić information content (AvgIpc) is 3.96. The molecule has 1 aromatic carbocycles. The van der Waals surface area contributed by atoms with E-state index in [1.54, 1.807) is 0 Å². The quantitative estimate of drug-likeness (QED) is 0.0698. The van der Waals surface area contributed by atoms with E-state index in [1.807, 2.05) is 31.7 Å². The molecule has 1 aliphatic carbocycles. The lowest BCUT2D eigenvalue weighted by molar-refractivity contribution is -0.144. The van der Waals surface area contributed by atoms with E-state index in [1.165, 1.54) is 83.1 Å². The molecule has 340 valence electrons. The molecule has 6 rings (SSSR count). The van der Waals surface area contributed by atoms with E-state index in [2.05, 4.69) is 87.4 Å². The van der Waals surface area contributed by atoms with Gasteiger partial charge in [-0.05, 0) is 92.7 Å². The number of carboxylic acid groups (broad SMARTS) is 1. The standard InChI is InChI=1S/C48H81N7O4Si2/c1-8-44(47(56)57)55(35-41-16-14-40(15-17-41)34-51-23-18-48(37-51)19-24-52(25-20-48)43-12-10-9-11-13-43)36-42(32-45-49-21-26-53(45)38-58-28-30-60(2,3)4)33-46-50-22-27-54(46)39-59-29-31-61(5,6)7/h14-17,21-22,26-27,42-44H,8-13,18-20,23-25,28-39H2,1-7H3,(H,56,57). The molecule has 1 atom stereocenters. The molecule has 4 heterocycles. The van der Waals surface area contributed by atoms with Gasteiger partial charge in [-0.15, -0.1) is 0 Å². The zero-order valence-electron chi connectivity index (χ0n) is 39.1. The van der Waals surface area contributed by atoms with Gasteiger partial charge < -0.3 is 28.6 Å². The number of piperidine rings is 1.